The summed E-state index contributed by atoms with van der Waals surface area (Å²) in [5.41, 5.74) is 2.59. The van der Waals surface area contributed by atoms with Crippen LogP contribution in [0.4, 0.5) is 4.39 Å². The molecule has 0 heterocycles. The van der Waals surface area contributed by atoms with Crippen LogP contribution in [0, 0.1) is 12.7 Å². The lowest BCUT2D eigenvalue weighted by molar-refractivity contribution is 0.0987. The largest absolute Gasteiger partial charge is 0.298 e. The zero-order valence-electron chi connectivity index (χ0n) is 11.4. The van der Waals surface area contributed by atoms with Crippen LogP contribution < -0.4 is 0 Å². The molecule has 0 saturated heterocycles. The Bertz CT molecular complexity index is 675. The van der Waals surface area contributed by atoms with E-state index in [4.69, 9.17) is 0 Å². The predicted molar refractivity (Wildman–Crippen MR) is 76.6 cm³/mol. The van der Waals surface area contributed by atoms with Crippen molar-refractivity contribution in [3.8, 4) is 11.1 Å². The number of ketones is 1. The zero-order chi connectivity index (χ0) is 14.7. The number of Topliss-reactive ketones (excluding diaryl/α,β-unsaturated/α-hetero) is 1. The third kappa shape index (κ3) is 2.67. The van der Waals surface area contributed by atoms with Crippen molar-refractivity contribution in [2.75, 3.05) is 0 Å². The van der Waals surface area contributed by atoms with Crippen molar-refractivity contribution in [3.63, 3.8) is 0 Å². The molecule has 0 radical (unpaired) electrons. The van der Waals surface area contributed by atoms with Crippen LogP contribution in [0.2, 0.25) is 0 Å². The molecule has 0 aliphatic carbocycles. The quantitative estimate of drug-likeness (QED) is 0.616. The van der Waals surface area contributed by atoms with E-state index in [1.165, 1.54) is 6.07 Å². The van der Waals surface area contributed by atoms with E-state index in [9.17, 15) is 14.0 Å². The summed E-state index contributed by atoms with van der Waals surface area (Å²) in [6.07, 6.45) is 1.06. The van der Waals surface area contributed by atoms with Gasteiger partial charge in [0.25, 0.3) is 0 Å². The van der Waals surface area contributed by atoms with Crippen LogP contribution in [0.5, 0.6) is 0 Å². The molecule has 0 amide bonds. The lowest BCUT2D eigenvalue weighted by Gasteiger charge is -2.08. The number of benzene rings is 2. The molecule has 102 valence electrons. The normalized spacial score (nSPS) is 10.3. The molecular formula is C17H15FO2. The van der Waals surface area contributed by atoms with E-state index >= 15 is 0 Å². The van der Waals surface area contributed by atoms with Crippen molar-refractivity contribution in [2.45, 2.75) is 20.3 Å². The second-order valence-corrected chi connectivity index (χ2v) is 4.65. The lowest BCUT2D eigenvalue weighted by Crippen LogP contribution is -1.97. The standard InChI is InChI=1S/C17H15FO2/c1-3-17(20)13-6-4-5-12(7-13)14-8-15(10-19)11(2)16(18)9-14/h4-10H,3H2,1-2H3. The second-order valence-electron chi connectivity index (χ2n) is 4.65. The SMILES string of the molecule is CCC(=O)c1cccc(-c2cc(F)c(C)c(C=O)c2)c1. The maximum absolute atomic E-state index is 13.8. The summed E-state index contributed by atoms with van der Waals surface area (Å²) in [6.45, 7) is 3.37. The smallest absolute Gasteiger partial charge is 0.162 e. The van der Waals surface area contributed by atoms with Crippen LogP contribution in [0.1, 0.15) is 39.6 Å². The molecule has 0 aliphatic heterocycles. The Kier molecular flexibility index (Phi) is 4.08. The van der Waals surface area contributed by atoms with Crippen molar-refractivity contribution in [1.29, 1.82) is 0 Å². The molecule has 2 aromatic rings. The minimum atomic E-state index is -0.420. The average molecular weight is 270 g/mol. The van der Waals surface area contributed by atoms with E-state index in [0.717, 1.165) is 5.56 Å². The summed E-state index contributed by atoms with van der Waals surface area (Å²) in [4.78, 5) is 22.7. The first-order valence-corrected chi connectivity index (χ1v) is 6.45. The van der Waals surface area contributed by atoms with Gasteiger partial charge < -0.3 is 0 Å². The lowest BCUT2D eigenvalue weighted by atomic mass is 9.97. The Morgan fingerprint density at radius 1 is 1.20 bits per heavy atom. The molecule has 2 rings (SSSR count). The highest BCUT2D eigenvalue weighted by molar-refractivity contribution is 5.97. The maximum Gasteiger partial charge on any atom is 0.162 e. The topological polar surface area (TPSA) is 34.1 Å². The molecule has 0 unspecified atom stereocenters. The van der Waals surface area contributed by atoms with Crippen LogP contribution in [0.15, 0.2) is 36.4 Å². The molecule has 0 saturated carbocycles. The third-order valence-corrected chi connectivity index (χ3v) is 3.35. The van der Waals surface area contributed by atoms with Gasteiger partial charge in [-0.2, -0.15) is 0 Å². The van der Waals surface area contributed by atoms with E-state index in [-0.39, 0.29) is 5.78 Å². The summed E-state index contributed by atoms with van der Waals surface area (Å²) in [7, 11) is 0. The summed E-state index contributed by atoms with van der Waals surface area (Å²) in [5.74, 6) is -0.383. The van der Waals surface area contributed by atoms with E-state index in [0.29, 0.717) is 35.0 Å². The molecule has 2 nitrogen and oxygen atoms in total. The monoisotopic (exact) mass is 270 g/mol. The summed E-state index contributed by atoms with van der Waals surface area (Å²) < 4.78 is 13.8. The highest BCUT2D eigenvalue weighted by Gasteiger charge is 2.10. The highest BCUT2D eigenvalue weighted by Crippen LogP contribution is 2.25. The molecule has 0 atom stereocenters. The molecule has 0 spiro atoms. The number of hydrogen-bond donors (Lipinski definition) is 0. The van der Waals surface area contributed by atoms with Gasteiger partial charge in [-0.05, 0) is 41.8 Å². The molecule has 0 aromatic heterocycles. The maximum atomic E-state index is 13.8. The Labute approximate surface area is 117 Å². The van der Waals surface area contributed by atoms with Crippen molar-refractivity contribution in [3.05, 3.63) is 58.9 Å². The van der Waals surface area contributed by atoms with Crippen LogP contribution in [0.25, 0.3) is 11.1 Å². The second kappa shape index (κ2) is 5.78. The van der Waals surface area contributed by atoms with Crippen molar-refractivity contribution >= 4 is 12.1 Å². The van der Waals surface area contributed by atoms with E-state index in [2.05, 4.69) is 0 Å². The molecule has 20 heavy (non-hydrogen) atoms. The number of carbonyl (C=O) groups is 2. The van der Waals surface area contributed by atoms with Crippen molar-refractivity contribution in [1.82, 2.24) is 0 Å². The molecule has 0 N–H and O–H groups in total. The fourth-order valence-electron chi connectivity index (χ4n) is 2.07. The van der Waals surface area contributed by atoms with Gasteiger partial charge in [-0.3, -0.25) is 9.59 Å². The Hall–Kier alpha value is -2.29. The first kappa shape index (κ1) is 14.1. The first-order valence-electron chi connectivity index (χ1n) is 6.45. The molecule has 0 bridgehead atoms. The minimum absolute atomic E-state index is 0.0371. The van der Waals surface area contributed by atoms with Gasteiger partial charge in [0, 0.05) is 17.5 Å². The zero-order valence-corrected chi connectivity index (χ0v) is 11.4. The van der Waals surface area contributed by atoms with E-state index in [1.807, 2.05) is 0 Å². The van der Waals surface area contributed by atoms with Crippen LogP contribution in [-0.4, -0.2) is 12.1 Å². The van der Waals surface area contributed by atoms with Gasteiger partial charge in [0.1, 0.15) is 12.1 Å². The van der Waals surface area contributed by atoms with E-state index in [1.54, 1.807) is 44.2 Å². The van der Waals surface area contributed by atoms with Gasteiger partial charge in [-0.25, -0.2) is 4.39 Å². The summed E-state index contributed by atoms with van der Waals surface area (Å²) >= 11 is 0. The number of halogens is 1. The van der Waals surface area contributed by atoms with Gasteiger partial charge >= 0.3 is 0 Å². The first-order chi connectivity index (χ1) is 9.56. The van der Waals surface area contributed by atoms with Gasteiger partial charge in [-0.1, -0.05) is 25.1 Å². The Morgan fingerprint density at radius 3 is 2.60 bits per heavy atom. The van der Waals surface area contributed by atoms with Crippen LogP contribution in [0.3, 0.4) is 0 Å². The van der Waals surface area contributed by atoms with E-state index < -0.39 is 5.82 Å². The molecule has 3 heteroatoms. The van der Waals surface area contributed by atoms with Crippen molar-refractivity contribution in [2.24, 2.45) is 0 Å². The molecule has 0 aliphatic rings. The summed E-state index contributed by atoms with van der Waals surface area (Å²) in [5, 5.41) is 0. The molecule has 0 fully saturated rings. The Balaban J connectivity index is 2.54. The number of rotatable bonds is 4. The van der Waals surface area contributed by atoms with Gasteiger partial charge in [0.2, 0.25) is 0 Å². The number of aldehydes is 1. The summed E-state index contributed by atoms with van der Waals surface area (Å²) in [6, 6.07) is 10.0. The van der Waals surface area contributed by atoms with Crippen LogP contribution >= 0.6 is 0 Å². The number of hydrogen-bond acceptors (Lipinski definition) is 2. The fraction of sp³-hybridized carbons (Fsp3) is 0.176. The fourth-order valence-corrected chi connectivity index (χ4v) is 2.07. The van der Waals surface area contributed by atoms with Gasteiger partial charge in [0.05, 0.1) is 0 Å². The number of carbonyl (C=O) groups excluding carboxylic acids is 2. The van der Waals surface area contributed by atoms with Crippen molar-refractivity contribution < 1.29 is 14.0 Å². The molecular weight excluding hydrogens is 255 g/mol. The predicted octanol–water partition coefficient (Wildman–Crippen LogP) is 4.21. The van der Waals surface area contributed by atoms with Crippen LogP contribution in [-0.2, 0) is 0 Å². The van der Waals surface area contributed by atoms with Gasteiger partial charge in [0.15, 0.2) is 5.78 Å². The van der Waals surface area contributed by atoms with Gasteiger partial charge in [-0.15, -0.1) is 0 Å². The Morgan fingerprint density at radius 2 is 1.95 bits per heavy atom. The molecule has 2 aromatic carbocycles. The highest BCUT2D eigenvalue weighted by atomic mass is 19.1. The average Bonchev–Trinajstić information content (AvgIpc) is 2.49. The third-order valence-electron chi connectivity index (χ3n) is 3.35. The minimum Gasteiger partial charge on any atom is -0.298 e.